The second-order valence-corrected chi connectivity index (χ2v) is 4.27. The molecule has 78 valence electrons. The molecule has 0 aromatic heterocycles. The quantitative estimate of drug-likeness (QED) is 0.799. The number of halogens is 1. The summed E-state index contributed by atoms with van der Waals surface area (Å²) in [6, 6.07) is 8.98. The van der Waals surface area contributed by atoms with Crippen LogP contribution in [0.4, 0.5) is 0 Å². The number of benzene rings is 1. The highest BCUT2D eigenvalue weighted by Gasteiger charge is 2.09. The molecule has 14 heavy (non-hydrogen) atoms. The minimum absolute atomic E-state index is 0.411. The summed E-state index contributed by atoms with van der Waals surface area (Å²) in [5, 5.41) is 4.33. The van der Waals surface area contributed by atoms with Crippen molar-refractivity contribution in [3.8, 4) is 0 Å². The fraction of sp³-hybridized carbons (Fsp3) is 0.500. The van der Waals surface area contributed by atoms with Crippen molar-refractivity contribution < 1.29 is 0 Å². The molecule has 0 saturated carbocycles. The van der Waals surface area contributed by atoms with Gasteiger partial charge < -0.3 is 5.32 Å². The van der Waals surface area contributed by atoms with E-state index in [1.54, 1.807) is 0 Å². The Balaban J connectivity index is 2.78. The Kier molecular flexibility index (Phi) is 4.43. The zero-order chi connectivity index (χ0) is 10.6. The molecule has 0 fully saturated rings. The zero-order valence-electron chi connectivity index (χ0n) is 9.05. The number of rotatable bonds is 4. The first-order chi connectivity index (χ1) is 6.63. The van der Waals surface area contributed by atoms with Gasteiger partial charge >= 0.3 is 0 Å². The maximum absolute atomic E-state index is 5.95. The third-order valence-corrected chi connectivity index (χ3v) is 2.43. The lowest BCUT2D eigenvalue weighted by molar-refractivity contribution is 0.466. The molecule has 0 bridgehead atoms. The molecule has 0 amide bonds. The fourth-order valence-electron chi connectivity index (χ4n) is 1.58. The first-order valence-corrected chi connectivity index (χ1v) is 5.52. The molecule has 0 aliphatic rings. The molecule has 1 atom stereocenters. The molecule has 1 aromatic carbocycles. The molecule has 0 aliphatic heterocycles. The average Bonchev–Trinajstić information content (AvgIpc) is 2.14. The van der Waals surface area contributed by atoms with Gasteiger partial charge in [-0.25, -0.2) is 0 Å². The number of nitrogens with one attached hydrogen (secondary N) is 1. The van der Waals surface area contributed by atoms with Gasteiger partial charge in [-0.3, -0.25) is 0 Å². The molecular weight excluding hydrogens is 194 g/mol. The Morgan fingerprint density at radius 3 is 2.57 bits per heavy atom. The maximum atomic E-state index is 5.95. The molecule has 0 aliphatic carbocycles. The van der Waals surface area contributed by atoms with Crippen molar-refractivity contribution >= 4 is 11.6 Å². The third kappa shape index (κ3) is 3.32. The van der Waals surface area contributed by atoms with E-state index in [0.29, 0.717) is 12.1 Å². The van der Waals surface area contributed by atoms with Crippen LogP contribution in [0.15, 0.2) is 24.3 Å². The van der Waals surface area contributed by atoms with Crippen LogP contribution in [0, 0.1) is 0 Å². The highest BCUT2D eigenvalue weighted by molar-refractivity contribution is 6.30. The lowest BCUT2D eigenvalue weighted by atomic mass is 10.0. The van der Waals surface area contributed by atoms with Gasteiger partial charge in [-0.1, -0.05) is 44.5 Å². The van der Waals surface area contributed by atoms with Gasteiger partial charge in [0.1, 0.15) is 0 Å². The summed E-state index contributed by atoms with van der Waals surface area (Å²) in [4.78, 5) is 0. The van der Waals surface area contributed by atoms with Crippen molar-refractivity contribution in [2.45, 2.75) is 39.3 Å². The summed E-state index contributed by atoms with van der Waals surface area (Å²) < 4.78 is 0. The van der Waals surface area contributed by atoms with Gasteiger partial charge in [0.05, 0.1) is 0 Å². The predicted octanol–water partition coefficient (Wildman–Crippen LogP) is 3.79. The molecule has 1 aromatic rings. The summed E-state index contributed by atoms with van der Waals surface area (Å²) >= 11 is 5.95. The summed E-state index contributed by atoms with van der Waals surface area (Å²) in [6.07, 6.45) is 1.08. The van der Waals surface area contributed by atoms with E-state index in [1.165, 1.54) is 5.56 Å². The van der Waals surface area contributed by atoms with E-state index < -0.39 is 0 Å². The monoisotopic (exact) mass is 211 g/mol. The summed E-state index contributed by atoms with van der Waals surface area (Å²) in [6.45, 7) is 6.50. The van der Waals surface area contributed by atoms with Gasteiger partial charge in [0.15, 0.2) is 0 Å². The van der Waals surface area contributed by atoms with Crippen LogP contribution in [0.5, 0.6) is 0 Å². The SMILES string of the molecule is CC[C@@H](NC(C)C)c1cccc(Cl)c1. The molecule has 1 nitrogen and oxygen atoms in total. The van der Waals surface area contributed by atoms with Gasteiger partial charge in [-0.05, 0) is 24.1 Å². The molecule has 0 heterocycles. The topological polar surface area (TPSA) is 12.0 Å². The van der Waals surface area contributed by atoms with Gasteiger partial charge in [-0.15, -0.1) is 0 Å². The van der Waals surface area contributed by atoms with E-state index in [2.05, 4.69) is 32.2 Å². The lowest BCUT2D eigenvalue weighted by Crippen LogP contribution is -2.27. The van der Waals surface area contributed by atoms with Crippen LogP contribution in [-0.4, -0.2) is 6.04 Å². The summed E-state index contributed by atoms with van der Waals surface area (Å²) in [5.74, 6) is 0. The van der Waals surface area contributed by atoms with Crippen LogP contribution in [-0.2, 0) is 0 Å². The fourth-order valence-corrected chi connectivity index (χ4v) is 1.77. The lowest BCUT2D eigenvalue weighted by Gasteiger charge is -2.20. The minimum atomic E-state index is 0.411. The molecule has 2 heteroatoms. The Morgan fingerprint density at radius 1 is 1.36 bits per heavy atom. The van der Waals surface area contributed by atoms with E-state index in [1.807, 2.05) is 18.2 Å². The number of hydrogen-bond acceptors (Lipinski definition) is 1. The van der Waals surface area contributed by atoms with Gasteiger partial charge in [0.2, 0.25) is 0 Å². The Morgan fingerprint density at radius 2 is 2.07 bits per heavy atom. The van der Waals surface area contributed by atoms with Crippen LogP contribution in [0.3, 0.4) is 0 Å². The second kappa shape index (κ2) is 5.38. The van der Waals surface area contributed by atoms with Crippen LogP contribution in [0.25, 0.3) is 0 Å². The van der Waals surface area contributed by atoms with Crippen molar-refractivity contribution in [3.63, 3.8) is 0 Å². The van der Waals surface area contributed by atoms with E-state index >= 15 is 0 Å². The summed E-state index contributed by atoms with van der Waals surface area (Å²) in [7, 11) is 0. The van der Waals surface area contributed by atoms with E-state index in [9.17, 15) is 0 Å². The van der Waals surface area contributed by atoms with E-state index in [0.717, 1.165) is 11.4 Å². The molecule has 0 unspecified atom stereocenters. The summed E-state index contributed by atoms with van der Waals surface area (Å²) in [5.41, 5.74) is 1.27. The predicted molar refractivity (Wildman–Crippen MR) is 62.8 cm³/mol. The first kappa shape index (κ1) is 11.5. The second-order valence-electron chi connectivity index (χ2n) is 3.84. The van der Waals surface area contributed by atoms with E-state index in [4.69, 9.17) is 11.6 Å². The van der Waals surface area contributed by atoms with Crippen LogP contribution < -0.4 is 5.32 Å². The molecule has 0 saturated heterocycles. The Labute approximate surface area is 91.5 Å². The Hall–Kier alpha value is -0.530. The van der Waals surface area contributed by atoms with Crippen molar-refractivity contribution in [2.24, 2.45) is 0 Å². The largest absolute Gasteiger partial charge is 0.308 e. The highest BCUT2D eigenvalue weighted by Crippen LogP contribution is 2.20. The smallest absolute Gasteiger partial charge is 0.0409 e. The van der Waals surface area contributed by atoms with Gasteiger partial charge in [0, 0.05) is 17.1 Å². The molecule has 0 radical (unpaired) electrons. The van der Waals surface area contributed by atoms with Crippen molar-refractivity contribution in [1.29, 1.82) is 0 Å². The Bertz CT molecular complexity index is 283. The third-order valence-electron chi connectivity index (χ3n) is 2.19. The number of hydrogen-bond donors (Lipinski definition) is 1. The normalized spacial score (nSPS) is 13.2. The van der Waals surface area contributed by atoms with Gasteiger partial charge in [-0.2, -0.15) is 0 Å². The van der Waals surface area contributed by atoms with Crippen LogP contribution in [0.2, 0.25) is 5.02 Å². The van der Waals surface area contributed by atoms with Crippen LogP contribution in [0.1, 0.15) is 38.8 Å². The van der Waals surface area contributed by atoms with Crippen molar-refractivity contribution in [1.82, 2.24) is 5.32 Å². The average molecular weight is 212 g/mol. The van der Waals surface area contributed by atoms with Crippen molar-refractivity contribution in [2.75, 3.05) is 0 Å². The molecule has 0 spiro atoms. The standard InChI is InChI=1S/C12H18ClN/c1-4-12(14-9(2)3)10-6-5-7-11(13)8-10/h5-9,12,14H,4H2,1-3H3/t12-/m1/s1. The molecule has 1 N–H and O–H groups in total. The van der Waals surface area contributed by atoms with Gasteiger partial charge in [0.25, 0.3) is 0 Å². The molecular formula is C12H18ClN. The zero-order valence-corrected chi connectivity index (χ0v) is 9.81. The first-order valence-electron chi connectivity index (χ1n) is 5.15. The molecule has 1 rings (SSSR count). The maximum Gasteiger partial charge on any atom is 0.0409 e. The van der Waals surface area contributed by atoms with Crippen molar-refractivity contribution in [3.05, 3.63) is 34.9 Å². The van der Waals surface area contributed by atoms with E-state index in [-0.39, 0.29) is 0 Å². The van der Waals surface area contributed by atoms with Crippen LogP contribution >= 0.6 is 11.6 Å². The highest BCUT2D eigenvalue weighted by atomic mass is 35.5. The minimum Gasteiger partial charge on any atom is -0.308 e.